The predicted octanol–water partition coefficient (Wildman–Crippen LogP) is 2.77. The summed E-state index contributed by atoms with van der Waals surface area (Å²) in [4.78, 5) is 0. The average Bonchev–Trinajstić information content (AvgIpc) is 2.13. The first-order valence-corrected chi connectivity index (χ1v) is 8.77. The molecule has 8 heteroatoms. The van der Waals surface area contributed by atoms with Gasteiger partial charge >= 0.3 is 98.8 Å². The number of halogens is 4. The summed E-state index contributed by atoms with van der Waals surface area (Å²) >= 11 is -4.19. The standard InChI is InChI=1S/C8H8F3IO3S/c1-16(13,14)15-12(8(9,10)11)7-5-3-2-4-6-7/h2-6H,1H3. The fraction of sp³-hybridized carbons (Fsp3) is 0.250. The summed E-state index contributed by atoms with van der Waals surface area (Å²) in [6.07, 6.45) is 0.617. The third kappa shape index (κ3) is 4.26. The molecule has 0 amide bonds. The molecule has 16 heavy (non-hydrogen) atoms. The van der Waals surface area contributed by atoms with Crippen molar-refractivity contribution in [3.8, 4) is 0 Å². The third-order valence-corrected chi connectivity index (χ3v) is 7.66. The van der Waals surface area contributed by atoms with Crippen LogP contribution < -0.4 is 0 Å². The van der Waals surface area contributed by atoms with Gasteiger partial charge in [-0.15, -0.1) is 0 Å². The number of benzene rings is 1. The van der Waals surface area contributed by atoms with E-state index in [1.54, 1.807) is 6.07 Å². The fourth-order valence-corrected chi connectivity index (χ4v) is 6.18. The van der Waals surface area contributed by atoms with Crippen molar-refractivity contribution in [2.24, 2.45) is 0 Å². The molecule has 3 nitrogen and oxygen atoms in total. The topological polar surface area (TPSA) is 43.4 Å². The zero-order valence-corrected chi connectivity index (χ0v) is 11.0. The molecule has 1 rings (SSSR count). The van der Waals surface area contributed by atoms with E-state index < -0.39 is 34.5 Å². The van der Waals surface area contributed by atoms with Crippen LogP contribution in [0.15, 0.2) is 30.3 Å². The second kappa shape index (κ2) is 4.88. The van der Waals surface area contributed by atoms with Crippen molar-refractivity contribution in [2.45, 2.75) is 4.18 Å². The Morgan fingerprint density at radius 3 is 2.06 bits per heavy atom. The Hall–Kier alpha value is -0.350. The zero-order valence-electron chi connectivity index (χ0n) is 8.03. The summed E-state index contributed by atoms with van der Waals surface area (Å²) in [6.45, 7) is 0. The molecule has 0 radical (unpaired) electrons. The van der Waals surface area contributed by atoms with Crippen LogP contribution in [0.3, 0.4) is 0 Å². The van der Waals surface area contributed by atoms with Crippen molar-refractivity contribution in [1.29, 1.82) is 0 Å². The van der Waals surface area contributed by atoms with Crippen molar-refractivity contribution in [3.63, 3.8) is 0 Å². The zero-order chi connectivity index (χ0) is 12.4. The number of rotatable bonds is 3. The van der Waals surface area contributed by atoms with Gasteiger partial charge in [-0.2, -0.15) is 0 Å². The molecule has 0 heterocycles. The van der Waals surface area contributed by atoms with Crippen LogP contribution in [0.2, 0.25) is 0 Å². The summed E-state index contributed by atoms with van der Waals surface area (Å²) in [5.41, 5.74) is 0. The molecule has 0 saturated carbocycles. The van der Waals surface area contributed by atoms with Gasteiger partial charge in [-0.3, -0.25) is 0 Å². The average molecular weight is 368 g/mol. The van der Waals surface area contributed by atoms with Crippen LogP contribution in [0.5, 0.6) is 0 Å². The van der Waals surface area contributed by atoms with Crippen molar-refractivity contribution < 1.29 is 24.1 Å². The fourth-order valence-electron chi connectivity index (χ4n) is 0.839. The second-order valence-corrected chi connectivity index (χ2v) is 9.24. The van der Waals surface area contributed by atoms with Gasteiger partial charge in [0.05, 0.1) is 0 Å². The minimum atomic E-state index is -4.62. The van der Waals surface area contributed by atoms with E-state index >= 15 is 0 Å². The molecule has 0 aliphatic rings. The van der Waals surface area contributed by atoms with E-state index in [0.717, 1.165) is 0 Å². The Labute approximate surface area is 98.7 Å². The van der Waals surface area contributed by atoms with Gasteiger partial charge in [0.15, 0.2) is 0 Å². The van der Waals surface area contributed by atoms with Gasteiger partial charge in [-0.1, -0.05) is 0 Å². The van der Waals surface area contributed by atoms with E-state index in [0.29, 0.717) is 6.26 Å². The summed E-state index contributed by atoms with van der Waals surface area (Å²) in [6, 6.07) is 6.83. The molecular weight excluding hydrogens is 360 g/mol. The van der Waals surface area contributed by atoms with E-state index in [4.69, 9.17) is 0 Å². The molecule has 0 saturated heterocycles. The van der Waals surface area contributed by atoms with Gasteiger partial charge in [0.2, 0.25) is 0 Å². The van der Waals surface area contributed by atoms with Gasteiger partial charge in [-0.25, -0.2) is 0 Å². The molecule has 1 aromatic rings. The van der Waals surface area contributed by atoms with Crippen LogP contribution in [0.25, 0.3) is 0 Å². The maximum atomic E-state index is 12.6. The SMILES string of the molecule is CS(=O)(=O)OI(c1ccccc1)C(F)(F)F. The molecule has 0 atom stereocenters. The summed E-state index contributed by atoms with van der Waals surface area (Å²) in [7, 11) is -4.11. The molecule has 92 valence electrons. The first kappa shape index (κ1) is 13.7. The molecule has 0 spiro atoms. The van der Waals surface area contributed by atoms with Crippen LogP contribution >= 0.6 is 20.2 Å². The Balaban J connectivity index is 3.08. The Morgan fingerprint density at radius 1 is 1.19 bits per heavy atom. The van der Waals surface area contributed by atoms with Crippen LogP contribution in [-0.4, -0.2) is 18.9 Å². The molecule has 0 bridgehead atoms. The Bertz CT molecular complexity index is 443. The van der Waals surface area contributed by atoms with Gasteiger partial charge in [0.1, 0.15) is 0 Å². The quantitative estimate of drug-likeness (QED) is 0.609. The first-order valence-electron chi connectivity index (χ1n) is 3.92. The van der Waals surface area contributed by atoms with Gasteiger partial charge < -0.3 is 0 Å². The second-order valence-electron chi connectivity index (χ2n) is 2.74. The van der Waals surface area contributed by atoms with Crippen LogP contribution in [0, 0.1) is 3.57 Å². The molecule has 0 fully saturated rings. The molecule has 0 aliphatic carbocycles. The first-order chi connectivity index (χ1) is 7.20. The molecular formula is C8H8F3IO3S. The van der Waals surface area contributed by atoms with Crippen LogP contribution in [0.1, 0.15) is 0 Å². The van der Waals surface area contributed by atoms with Gasteiger partial charge in [0, 0.05) is 0 Å². The number of alkyl halides is 4. The Kier molecular flexibility index (Phi) is 4.18. The molecule has 1 aromatic carbocycles. The van der Waals surface area contributed by atoms with Crippen LogP contribution in [-0.2, 0) is 12.6 Å². The van der Waals surface area contributed by atoms with E-state index in [1.807, 2.05) is 0 Å². The monoisotopic (exact) mass is 368 g/mol. The van der Waals surface area contributed by atoms with Gasteiger partial charge in [0.25, 0.3) is 0 Å². The van der Waals surface area contributed by atoms with E-state index in [9.17, 15) is 21.6 Å². The van der Waals surface area contributed by atoms with Crippen molar-refractivity contribution in [3.05, 3.63) is 33.9 Å². The van der Waals surface area contributed by atoms with E-state index in [-0.39, 0.29) is 3.57 Å². The van der Waals surface area contributed by atoms with Crippen molar-refractivity contribution in [2.75, 3.05) is 6.26 Å². The maximum absolute atomic E-state index is 12.6. The number of hydrogen-bond donors (Lipinski definition) is 0. The molecule has 0 unspecified atom stereocenters. The predicted molar refractivity (Wildman–Crippen MR) is 61.1 cm³/mol. The van der Waals surface area contributed by atoms with E-state index in [2.05, 4.69) is 2.51 Å². The van der Waals surface area contributed by atoms with Crippen molar-refractivity contribution in [1.82, 2.24) is 0 Å². The minimum absolute atomic E-state index is 0.0929. The molecule has 0 N–H and O–H groups in total. The van der Waals surface area contributed by atoms with Crippen LogP contribution in [0.4, 0.5) is 13.2 Å². The number of hydrogen-bond acceptors (Lipinski definition) is 3. The molecule has 0 aromatic heterocycles. The van der Waals surface area contributed by atoms with E-state index in [1.165, 1.54) is 24.3 Å². The summed E-state index contributed by atoms with van der Waals surface area (Å²) < 4.78 is 58.9. The third-order valence-electron chi connectivity index (χ3n) is 1.30. The van der Waals surface area contributed by atoms with Gasteiger partial charge in [-0.05, 0) is 0 Å². The van der Waals surface area contributed by atoms with Crippen molar-refractivity contribution >= 4 is 30.4 Å². The Morgan fingerprint density at radius 2 is 1.69 bits per heavy atom. The summed E-state index contributed by atoms with van der Waals surface area (Å²) in [5, 5.41) is 0. The summed E-state index contributed by atoms with van der Waals surface area (Å²) in [5.74, 6) is 0. The normalized spacial score (nSPS) is 13.6. The molecule has 0 aliphatic heterocycles.